The van der Waals surface area contributed by atoms with Crippen LogP contribution in [0.4, 0.5) is 11.4 Å². The van der Waals surface area contributed by atoms with Crippen LogP contribution < -0.4 is 19.3 Å². The van der Waals surface area contributed by atoms with Crippen molar-refractivity contribution in [3.63, 3.8) is 0 Å². The van der Waals surface area contributed by atoms with Gasteiger partial charge in [-0.25, -0.2) is 0 Å². The predicted octanol–water partition coefficient (Wildman–Crippen LogP) is 6.51. The van der Waals surface area contributed by atoms with Crippen LogP contribution >= 0.6 is 23.2 Å². The van der Waals surface area contributed by atoms with E-state index in [4.69, 9.17) is 32.7 Å². The van der Waals surface area contributed by atoms with E-state index in [1.807, 2.05) is 42.1 Å². The number of ether oxygens (including phenoxy) is 2. The highest BCUT2D eigenvalue weighted by Crippen LogP contribution is 2.76. The smallest absolute Gasteiger partial charge is 0.308 e. The van der Waals surface area contributed by atoms with Gasteiger partial charge in [0.2, 0.25) is 11.8 Å². The van der Waals surface area contributed by atoms with Gasteiger partial charge in [0.15, 0.2) is 12.0 Å². The first-order chi connectivity index (χ1) is 22.9. The summed E-state index contributed by atoms with van der Waals surface area (Å²) >= 11 is 13.0. The zero-order chi connectivity index (χ0) is 33.9. The lowest BCUT2D eigenvalue weighted by Gasteiger charge is -2.70. The molecule has 3 fully saturated rings. The maximum absolute atomic E-state index is 14.3. The second-order valence-corrected chi connectivity index (χ2v) is 15.1. The molecule has 2 amide bonds. The van der Waals surface area contributed by atoms with E-state index >= 15 is 0 Å². The maximum Gasteiger partial charge on any atom is 0.308 e. The number of esters is 1. The predicted molar refractivity (Wildman–Crippen MR) is 185 cm³/mol. The molecule has 2 aromatic carbocycles. The SMILES string of the molecule is CC(=O)Oc1cc2c(c3c(C)c[nH]c13)C(CCl)CN2C(=O)C12CC(CC(=O)N3CC(CCl)c4c3cc(OC(C)O)c3[nH]cc(C)c43)(C1)C2. The Hall–Kier alpha value is -3.73. The van der Waals surface area contributed by atoms with E-state index < -0.39 is 17.7 Å². The summed E-state index contributed by atoms with van der Waals surface area (Å²) in [5, 5.41) is 11.9. The fraction of sp³-hybridized carbons (Fsp3) is 0.472. The fourth-order valence-corrected chi connectivity index (χ4v) is 9.84. The van der Waals surface area contributed by atoms with Gasteiger partial charge in [0, 0.05) is 85.3 Å². The van der Waals surface area contributed by atoms with E-state index in [0.29, 0.717) is 62.0 Å². The molecule has 3 aliphatic carbocycles. The van der Waals surface area contributed by atoms with E-state index in [1.165, 1.54) is 6.92 Å². The van der Waals surface area contributed by atoms with Crippen LogP contribution in [-0.2, 0) is 14.4 Å². The molecule has 4 aromatic rings. The molecule has 10 nitrogen and oxygen atoms in total. The number of aliphatic hydroxyl groups is 1. The normalized spacial score (nSPS) is 25.9. The number of hydrogen-bond acceptors (Lipinski definition) is 6. The Labute approximate surface area is 287 Å². The number of nitrogens with zero attached hydrogens (tertiary/aromatic N) is 2. The monoisotopic (exact) mass is 692 g/mol. The number of fused-ring (bicyclic) bond motifs is 6. The summed E-state index contributed by atoms with van der Waals surface area (Å²) in [6.07, 6.45) is 5.05. The molecule has 48 heavy (non-hydrogen) atoms. The van der Waals surface area contributed by atoms with Crippen molar-refractivity contribution in [1.82, 2.24) is 9.97 Å². The Balaban J connectivity index is 1.04. The molecule has 3 N–H and O–H groups in total. The quantitative estimate of drug-likeness (QED) is 0.0837. The summed E-state index contributed by atoms with van der Waals surface area (Å²) in [7, 11) is 0. The van der Waals surface area contributed by atoms with Crippen molar-refractivity contribution in [2.75, 3.05) is 34.6 Å². The molecule has 5 aliphatic rings. The summed E-state index contributed by atoms with van der Waals surface area (Å²) < 4.78 is 11.3. The standard InChI is InChI=1S/C36H38Cl2N4O6/c1-17-10-39-32-25(47-19(3)43)5-23-30(28(17)32)21(8-37)12-41(23)27(45)7-35-14-36(15-35,16-35)34(46)42-13-22(9-38)31-24(42)6-26(48-20(4)44)33-29(31)18(2)11-40-33/h5-6,10-11,19,21-22,39-40,43H,7-9,12-16H2,1-4H3. The van der Waals surface area contributed by atoms with Gasteiger partial charge < -0.3 is 34.3 Å². The highest BCUT2D eigenvalue weighted by atomic mass is 35.5. The van der Waals surface area contributed by atoms with Crippen molar-refractivity contribution in [2.45, 2.75) is 71.5 Å². The first kappa shape index (κ1) is 31.5. The number of H-pyrrole nitrogens is 2. The molecule has 252 valence electrons. The van der Waals surface area contributed by atoms with Gasteiger partial charge in [-0.2, -0.15) is 0 Å². The molecule has 3 unspecified atom stereocenters. The van der Waals surface area contributed by atoms with Crippen LogP contribution in [0, 0.1) is 24.7 Å². The number of aryl methyl sites for hydroxylation is 2. The van der Waals surface area contributed by atoms with E-state index in [0.717, 1.165) is 55.4 Å². The third-order valence-electron chi connectivity index (χ3n) is 11.1. The van der Waals surface area contributed by atoms with Crippen LogP contribution in [0.3, 0.4) is 0 Å². The van der Waals surface area contributed by atoms with Crippen LogP contribution in [0.5, 0.6) is 11.5 Å². The molecule has 4 heterocycles. The average Bonchev–Trinajstić information content (AvgIpc) is 3.76. The third-order valence-corrected chi connectivity index (χ3v) is 11.8. The van der Waals surface area contributed by atoms with Crippen molar-refractivity contribution in [3.05, 3.63) is 46.8 Å². The lowest BCUT2D eigenvalue weighted by molar-refractivity contribution is -0.207. The number of aromatic nitrogens is 2. The van der Waals surface area contributed by atoms with Crippen molar-refractivity contribution >= 4 is 74.2 Å². The Morgan fingerprint density at radius 3 is 1.98 bits per heavy atom. The molecule has 9 rings (SSSR count). The third kappa shape index (κ3) is 4.44. The highest BCUT2D eigenvalue weighted by Gasteiger charge is 2.72. The lowest BCUT2D eigenvalue weighted by atomic mass is 9.34. The summed E-state index contributed by atoms with van der Waals surface area (Å²) in [6, 6.07) is 3.63. The number of carbonyl (C=O) groups is 3. The Morgan fingerprint density at radius 2 is 1.44 bits per heavy atom. The maximum atomic E-state index is 14.3. The van der Waals surface area contributed by atoms with E-state index in [-0.39, 0.29) is 29.1 Å². The minimum atomic E-state index is -1.02. The number of anilines is 2. The second-order valence-electron chi connectivity index (χ2n) is 14.5. The van der Waals surface area contributed by atoms with Gasteiger partial charge >= 0.3 is 5.97 Å². The van der Waals surface area contributed by atoms with Crippen LogP contribution in [0.1, 0.15) is 73.6 Å². The number of hydrogen-bond donors (Lipinski definition) is 3. The summed E-state index contributed by atoms with van der Waals surface area (Å²) in [5.41, 5.74) is 6.33. The van der Waals surface area contributed by atoms with Crippen molar-refractivity contribution < 1.29 is 29.0 Å². The minimum absolute atomic E-state index is 0.00484. The number of rotatable bonds is 8. The second kappa shape index (κ2) is 10.9. The van der Waals surface area contributed by atoms with E-state index in [2.05, 4.69) is 9.97 Å². The van der Waals surface area contributed by atoms with E-state index in [9.17, 15) is 19.5 Å². The van der Waals surface area contributed by atoms with Crippen LogP contribution in [0.15, 0.2) is 24.5 Å². The number of aromatic amines is 2. The number of alkyl halides is 2. The zero-order valence-electron chi connectivity index (χ0n) is 27.3. The first-order valence-corrected chi connectivity index (χ1v) is 17.5. The van der Waals surface area contributed by atoms with Crippen molar-refractivity contribution in [3.8, 4) is 11.5 Å². The average molecular weight is 694 g/mol. The molecule has 0 saturated heterocycles. The van der Waals surface area contributed by atoms with E-state index in [1.54, 1.807) is 13.0 Å². The van der Waals surface area contributed by atoms with Crippen LogP contribution in [0.2, 0.25) is 0 Å². The Morgan fingerprint density at radius 1 is 0.917 bits per heavy atom. The summed E-state index contributed by atoms with van der Waals surface area (Å²) in [4.78, 5) is 50.5. The van der Waals surface area contributed by atoms with Crippen molar-refractivity contribution in [2.24, 2.45) is 10.8 Å². The van der Waals surface area contributed by atoms with Gasteiger partial charge in [-0.05, 0) is 67.7 Å². The van der Waals surface area contributed by atoms with Crippen LogP contribution in [-0.4, -0.2) is 64.0 Å². The molecule has 12 heteroatoms. The summed E-state index contributed by atoms with van der Waals surface area (Å²) in [6.45, 7) is 7.85. The molecule has 0 radical (unpaired) electrons. The Bertz CT molecular complexity index is 2030. The van der Waals surface area contributed by atoms with Gasteiger partial charge in [0.05, 0.1) is 27.8 Å². The molecule has 3 atom stereocenters. The largest absolute Gasteiger partial charge is 0.463 e. The topological polar surface area (TPSA) is 128 Å². The number of nitrogens with one attached hydrogen (secondary N) is 2. The molecule has 2 aromatic heterocycles. The number of amides is 2. The Kier molecular flexibility index (Phi) is 7.15. The van der Waals surface area contributed by atoms with Gasteiger partial charge in [-0.1, -0.05) is 0 Å². The summed E-state index contributed by atoms with van der Waals surface area (Å²) in [5.74, 6) is 1.12. The number of halogens is 2. The fourth-order valence-electron chi connectivity index (χ4n) is 9.33. The van der Waals surface area contributed by atoms with Gasteiger partial charge in [0.1, 0.15) is 5.75 Å². The highest BCUT2D eigenvalue weighted by molar-refractivity contribution is 6.20. The minimum Gasteiger partial charge on any atom is -0.463 e. The number of benzene rings is 2. The molecular weight excluding hydrogens is 655 g/mol. The van der Waals surface area contributed by atoms with Gasteiger partial charge in [0.25, 0.3) is 0 Å². The van der Waals surface area contributed by atoms with Gasteiger partial charge in [-0.15, -0.1) is 23.2 Å². The molecule has 3 saturated carbocycles. The van der Waals surface area contributed by atoms with Gasteiger partial charge in [-0.3, -0.25) is 14.4 Å². The first-order valence-electron chi connectivity index (χ1n) is 16.5. The molecule has 0 spiro atoms. The molecule has 2 aliphatic heterocycles. The van der Waals surface area contributed by atoms with Crippen LogP contribution in [0.25, 0.3) is 21.8 Å². The number of aliphatic hydroxyl groups excluding tert-OH is 1. The zero-order valence-corrected chi connectivity index (χ0v) is 28.8. The van der Waals surface area contributed by atoms with Crippen molar-refractivity contribution in [1.29, 1.82) is 0 Å². The lowest BCUT2D eigenvalue weighted by Crippen LogP contribution is -2.69. The molecule has 2 bridgehead atoms. The number of carbonyl (C=O) groups excluding carboxylic acids is 3. The molecular formula is C36H38Cl2N4O6.